The number of carbonyl (C=O) groups excluding carboxylic acids is 1. The second-order valence-electron chi connectivity index (χ2n) is 7.16. The first-order valence-electron chi connectivity index (χ1n) is 9.32. The normalized spacial score (nSPS) is 15.1. The number of nitrogens with zero attached hydrogens (tertiary/aromatic N) is 7. The van der Waals surface area contributed by atoms with Crippen LogP contribution in [0.5, 0.6) is 0 Å². The Morgan fingerprint density at radius 1 is 1.17 bits per heavy atom. The van der Waals surface area contributed by atoms with Crippen molar-refractivity contribution in [2.24, 2.45) is 0 Å². The zero-order valence-corrected chi connectivity index (χ0v) is 16.1. The molecule has 4 heterocycles. The van der Waals surface area contributed by atoms with Crippen molar-refractivity contribution in [2.45, 2.75) is 52.3 Å². The monoisotopic (exact) mass is 407 g/mol. The molecule has 1 saturated heterocycles. The van der Waals surface area contributed by atoms with Crippen LogP contribution in [-0.2, 0) is 24.2 Å². The van der Waals surface area contributed by atoms with Gasteiger partial charge in [-0.05, 0) is 20.3 Å². The van der Waals surface area contributed by atoms with E-state index in [9.17, 15) is 18.0 Å². The average molecular weight is 407 g/mol. The Morgan fingerprint density at radius 2 is 1.97 bits per heavy atom. The molecular weight excluding hydrogens is 387 g/mol. The molecule has 0 atom stereocenters. The lowest BCUT2D eigenvalue weighted by Crippen LogP contribution is -2.24. The van der Waals surface area contributed by atoms with Gasteiger partial charge in [-0.3, -0.25) is 9.69 Å². The lowest BCUT2D eigenvalue weighted by molar-refractivity contribution is -0.141. The molecule has 154 valence electrons. The lowest BCUT2D eigenvalue weighted by atomic mass is 10.3. The highest BCUT2D eigenvalue weighted by atomic mass is 19.4. The first-order chi connectivity index (χ1) is 13.7. The van der Waals surface area contributed by atoms with Crippen LogP contribution in [0.4, 0.5) is 19.0 Å². The van der Waals surface area contributed by atoms with E-state index >= 15 is 0 Å². The third-order valence-electron chi connectivity index (χ3n) is 4.87. The zero-order chi connectivity index (χ0) is 20.8. The molecule has 11 heteroatoms. The number of amides is 1. The van der Waals surface area contributed by atoms with Crippen molar-refractivity contribution in [3.8, 4) is 0 Å². The summed E-state index contributed by atoms with van der Waals surface area (Å²) in [5.74, 6) is 1.59. The summed E-state index contributed by atoms with van der Waals surface area (Å²) in [6.45, 7) is 2.99. The predicted octanol–water partition coefficient (Wildman–Crippen LogP) is 2.41. The Labute approximate surface area is 164 Å². The summed E-state index contributed by atoms with van der Waals surface area (Å²) in [5, 5.41) is 4.41. The van der Waals surface area contributed by atoms with Crippen molar-refractivity contribution in [2.75, 3.05) is 11.4 Å². The van der Waals surface area contributed by atoms with Crippen LogP contribution in [0.2, 0.25) is 0 Å². The molecule has 0 aliphatic carbocycles. The molecule has 0 N–H and O–H groups in total. The predicted molar refractivity (Wildman–Crippen MR) is 97.5 cm³/mol. The third-order valence-corrected chi connectivity index (χ3v) is 4.87. The van der Waals surface area contributed by atoms with Gasteiger partial charge in [-0.25, -0.2) is 15.0 Å². The molecule has 1 aliphatic rings. The van der Waals surface area contributed by atoms with Crippen LogP contribution in [0.15, 0.2) is 12.4 Å². The SMILES string of the molecule is Cc1cnc(C)n2nc(CCc3nc(N4CCCC4=O)cn3CC(F)(F)F)nc12. The Balaban J connectivity index is 1.60. The molecule has 0 unspecified atom stereocenters. The summed E-state index contributed by atoms with van der Waals surface area (Å²) in [4.78, 5) is 26.4. The molecule has 1 amide bonds. The number of imidazole rings is 1. The first-order valence-corrected chi connectivity index (χ1v) is 9.32. The van der Waals surface area contributed by atoms with Gasteiger partial charge in [0.2, 0.25) is 5.91 Å². The molecule has 0 bridgehead atoms. The highest BCUT2D eigenvalue weighted by Crippen LogP contribution is 2.25. The van der Waals surface area contributed by atoms with Crippen LogP contribution in [0.25, 0.3) is 5.65 Å². The Kier molecular flexibility index (Phi) is 4.75. The Morgan fingerprint density at radius 3 is 2.62 bits per heavy atom. The molecule has 29 heavy (non-hydrogen) atoms. The molecule has 0 saturated carbocycles. The van der Waals surface area contributed by atoms with E-state index in [0.717, 1.165) is 10.1 Å². The summed E-state index contributed by atoms with van der Waals surface area (Å²) in [7, 11) is 0. The van der Waals surface area contributed by atoms with E-state index in [0.29, 0.717) is 43.1 Å². The number of carbonyl (C=O) groups is 1. The van der Waals surface area contributed by atoms with E-state index in [2.05, 4.69) is 20.1 Å². The standard InChI is InChI=1S/C18H20F3N7O/c1-11-8-22-12(2)28-17(11)23-13(25-28)5-6-14-24-15(27-7-3-4-16(27)29)9-26(14)10-18(19,20)21/h8-9H,3-7,10H2,1-2H3. The smallest absolute Gasteiger partial charge is 0.324 e. The van der Waals surface area contributed by atoms with E-state index in [1.54, 1.807) is 17.6 Å². The van der Waals surface area contributed by atoms with Gasteiger partial charge < -0.3 is 4.57 Å². The summed E-state index contributed by atoms with van der Waals surface area (Å²) in [5.41, 5.74) is 1.54. The van der Waals surface area contributed by atoms with Crippen LogP contribution < -0.4 is 4.90 Å². The van der Waals surface area contributed by atoms with Crippen LogP contribution in [-0.4, -0.2) is 47.8 Å². The van der Waals surface area contributed by atoms with E-state index in [4.69, 9.17) is 0 Å². The maximum absolute atomic E-state index is 13.0. The zero-order valence-electron chi connectivity index (χ0n) is 16.1. The molecule has 0 aromatic carbocycles. The molecule has 1 aliphatic heterocycles. The van der Waals surface area contributed by atoms with E-state index in [1.165, 1.54) is 11.1 Å². The molecule has 0 spiro atoms. The second kappa shape index (κ2) is 7.12. The number of aryl methyl sites for hydroxylation is 4. The number of aromatic nitrogens is 6. The van der Waals surface area contributed by atoms with Gasteiger partial charge in [-0.1, -0.05) is 0 Å². The van der Waals surface area contributed by atoms with Gasteiger partial charge in [-0.15, -0.1) is 5.10 Å². The number of hydrogen-bond acceptors (Lipinski definition) is 5. The molecule has 0 radical (unpaired) electrons. The minimum atomic E-state index is -4.39. The number of halogens is 3. The van der Waals surface area contributed by atoms with Crippen LogP contribution >= 0.6 is 0 Å². The maximum Gasteiger partial charge on any atom is 0.406 e. The minimum Gasteiger partial charge on any atom is -0.324 e. The average Bonchev–Trinajstić information content (AvgIpc) is 3.34. The Bertz CT molecular complexity index is 1030. The van der Waals surface area contributed by atoms with Crippen molar-refractivity contribution < 1.29 is 18.0 Å². The van der Waals surface area contributed by atoms with Gasteiger partial charge >= 0.3 is 6.18 Å². The van der Waals surface area contributed by atoms with Gasteiger partial charge in [0.25, 0.3) is 0 Å². The Hall–Kier alpha value is -2.98. The van der Waals surface area contributed by atoms with Gasteiger partial charge in [0.15, 0.2) is 17.3 Å². The van der Waals surface area contributed by atoms with E-state index in [-0.39, 0.29) is 24.0 Å². The molecule has 1 fully saturated rings. The van der Waals surface area contributed by atoms with Crippen LogP contribution in [0.1, 0.15) is 35.9 Å². The highest BCUT2D eigenvalue weighted by Gasteiger charge is 2.31. The molecule has 4 rings (SSSR count). The first kappa shape index (κ1) is 19.3. The number of hydrogen-bond donors (Lipinski definition) is 0. The van der Waals surface area contributed by atoms with E-state index < -0.39 is 12.7 Å². The second-order valence-corrected chi connectivity index (χ2v) is 7.16. The summed E-state index contributed by atoms with van der Waals surface area (Å²) in [6, 6.07) is 0. The number of alkyl halides is 3. The number of fused-ring (bicyclic) bond motifs is 1. The van der Waals surface area contributed by atoms with Crippen molar-refractivity contribution in [1.29, 1.82) is 0 Å². The van der Waals surface area contributed by atoms with Crippen molar-refractivity contribution in [1.82, 2.24) is 29.1 Å². The van der Waals surface area contributed by atoms with Gasteiger partial charge in [0.05, 0.1) is 0 Å². The van der Waals surface area contributed by atoms with Crippen LogP contribution in [0, 0.1) is 13.8 Å². The van der Waals surface area contributed by atoms with Crippen molar-refractivity contribution in [3.63, 3.8) is 0 Å². The van der Waals surface area contributed by atoms with Gasteiger partial charge in [-0.2, -0.15) is 17.7 Å². The van der Waals surface area contributed by atoms with Crippen LogP contribution in [0.3, 0.4) is 0 Å². The van der Waals surface area contributed by atoms with Gasteiger partial charge in [0.1, 0.15) is 18.2 Å². The van der Waals surface area contributed by atoms with Crippen molar-refractivity contribution >= 4 is 17.4 Å². The molecule has 3 aromatic heterocycles. The topological polar surface area (TPSA) is 81.2 Å². The summed E-state index contributed by atoms with van der Waals surface area (Å²) in [6.07, 6.45) is 0.240. The quantitative estimate of drug-likeness (QED) is 0.649. The number of anilines is 1. The molecular formula is C18H20F3N7O. The lowest BCUT2D eigenvalue weighted by Gasteiger charge is -2.11. The molecule has 8 nitrogen and oxygen atoms in total. The fourth-order valence-electron chi connectivity index (χ4n) is 3.46. The maximum atomic E-state index is 13.0. The number of rotatable bonds is 5. The molecule has 3 aromatic rings. The largest absolute Gasteiger partial charge is 0.406 e. The van der Waals surface area contributed by atoms with Crippen molar-refractivity contribution in [3.05, 3.63) is 35.4 Å². The minimum absolute atomic E-state index is 0.117. The highest BCUT2D eigenvalue weighted by molar-refractivity contribution is 5.94. The summed E-state index contributed by atoms with van der Waals surface area (Å²) < 4.78 is 41.7. The van der Waals surface area contributed by atoms with Gasteiger partial charge in [0, 0.05) is 43.8 Å². The summed E-state index contributed by atoms with van der Waals surface area (Å²) >= 11 is 0. The fourth-order valence-corrected chi connectivity index (χ4v) is 3.46. The third kappa shape index (κ3) is 3.94. The van der Waals surface area contributed by atoms with E-state index in [1.807, 2.05) is 6.92 Å². The fraction of sp³-hybridized carbons (Fsp3) is 0.500.